The summed E-state index contributed by atoms with van der Waals surface area (Å²) in [7, 11) is 0. The van der Waals surface area contributed by atoms with Crippen LogP contribution in [0.3, 0.4) is 0 Å². The van der Waals surface area contributed by atoms with Crippen LogP contribution in [0.5, 0.6) is 0 Å². The van der Waals surface area contributed by atoms with E-state index in [1.54, 1.807) is 0 Å². The smallest absolute Gasteiger partial charge is 0.127 e. The van der Waals surface area contributed by atoms with Crippen molar-refractivity contribution in [2.75, 3.05) is 13.1 Å². The van der Waals surface area contributed by atoms with Crippen molar-refractivity contribution in [1.82, 2.24) is 4.90 Å². The van der Waals surface area contributed by atoms with E-state index < -0.39 is 0 Å². The lowest BCUT2D eigenvalue weighted by Gasteiger charge is -2.35. The van der Waals surface area contributed by atoms with Crippen LogP contribution >= 0.6 is 0 Å². The summed E-state index contributed by atoms with van der Waals surface area (Å²) in [5.41, 5.74) is 6.05. The van der Waals surface area contributed by atoms with Crippen molar-refractivity contribution in [2.45, 2.75) is 38.3 Å². The minimum atomic E-state index is -0.376. The van der Waals surface area contributed by atoms with E-state index in [4.69, 9.17) is 5.73 Å². The Morgan fingerprint density at radius 2 is 2.11 bits per heavy atom. The fraction of sp³-hybridized carbons (Fsp3) is 0.571. The zero-order valence-corrected chi connectivity index (χ0v) is 10.5. The minimum absolute atomic E-state index is 0.325. The number of hydrogen-bond donors (Lipinski definition) is 1. The molecule has 0 aliphatic carbocycles. The third-order valence-electron chi connectivity index (χ3n) is 3.63. The minimum Gasteiger partial charge on any atom is -0.330 e. The summed E-state index contributed by atoms with van der Waals surface area (Å²) in [6, 6.07) is 4.06. The Morgan fingerprint density at radius 1 is 1.28 bits per heavy atom. The Kier molecular flexibility index (Phi) is 4.66. The van der Waals surface area contributed by atoms with Gasteiger partial charge in [0.1, 0.15) is 11.6 Å². The van der Waals surface area contributed by atoms with Crippen LogP contribution in [-0.2, 0) is 6.54 Å². The molecule has 1 aromatic carbocycles. The predicted molar refractivity (Wildman–Crippen MR) is 68.1 cm³/mol. The summed E-state index contributed by atoms with van der Waals surface area (Å²) >= 11 is 0. The van der Waals surface area contributed by atoms with Gasteiger partial charge >= 0.3 is 0 Å². The SMILES string of the molecule is NCCC1CCCCN1Cc1cc(F)ccc1F. The maximum atomic E-state index is 13.6. The highest BCUT2D eigenvalue weighted by molar-refractivity contribution is 5.18. The van der Waals surface area contributed by atoms with Gasteiger partial charge in [0.25, 0.3) is 0 Å². The molecule has 0 aromatic heterocycles. The molecule has 1 unspecified atom stereocenters. The average molecular weight is 254 g/mol. The lowest BCUT2D eigenvalue weighted by Crippen LogP contribution is -2.40. The van der Waals surface area contributed by atoms with Crippen molar-refractivity contribution in [1.29, 1.82) is 0 Å². The Bertz CT molecular complexity index is 393. The highest BCUT2D eigenvalue weighted by Gasteiger charge is 2.22. The topological polar surface area (TPSA) is 29.3 Å². The first-order chi connectivity index (χ1) is 8.70. The molecule has 2 N–H and O–H groups in total. The molecule has 100 valence electrons. The van der Waals surface area contributed by atoms with E-state index in [0.29, 0.717) is 24.7 Å². The van der Waals surface area contributed by atoms with Crippen molar-refractivity contribution in [3.05, 3.63) is 35.4 Å². The van der Waals surface area contributed by atoms with E-state index in [0.717, 1.165) is 31.9 Å². The van der Waals surface area contributed by atoms with Gasteiger partial charge in [0.2, 0.25) is 0 Å². The van der Waals surface area contributed by atoms with Gasteiger partial charge in [-0.05, 0) is 50.6 Å². The van der Waals surface area contributed by atoms with Gasteiger partial charge in [0, 0.05) is 18.2 Å². The molecule has 1 aliphatic heterocycles. The van der Waals surface area contributed by atoms with Gasteiger partial charge in [-0.1, -0.05) is 6.42 Å². The van der Waals surface area contributed by atoms with E-state index in [2.05, 4.69) is 4.90 Å². The summed E-state index contributed by atoms with van der Waals surface area (Å²) in [5.74, 6) is -0.702. The van der Waals surface area contributed by atoms with Crippen LogP contribution in [0.2, 0.25) is 0 Å². The third-order valence-corrected chi connectivity index (χ3v) is 3.63. The fourth-order valence-electron chi connectivity index (χ4n) is 2.67. The summed E-state index contributed by atoms with van der Waals surface area (Å²) < 4.78 is 26.8. The standard InChI is InChI=1S/C14H20F2N2/c15-12-4-5-14(16)11(9-12)10-18-8-2-1-3-13(18)6-7-17/h4-5,9,13H,1-3,6-8,10,17H2. The van der Waals surface area contributed by atoms with Crippen LogP contribution < -0.4 is 5.73 Å². The Morgan fingerprint density at radius 3 is 2.89 bits per heavy atom. The molecule has 2 nitrogen and oxygen atoms in total. The molecule has 18 heavy (non-hydrogen) atoms. The first-order valence-electron chi connectivity index (χ1n) is 6.58. The Hall–Kier alpha value is -1.00. The number of hydrogen-bond acceptors (Lipinski definition) is 2. The van der Waals surface area contributed by atoms with Crippen molar-refractivity contribution in [3.8, 4) is 0 Å². The van der Waals surface area contributed by atoms with Gasteiger partial charge in [-0.3, -0.25) is 4.90 Å². The average Bonchev–Trinajstić information content (AvgIpc) is 2.36. The summed E-state index contributed by atoms with van der Waals surface area (Å²) in [6.45, 7) is 2.07. The lowest BCUT2D eigenvalue weighted by molar-refractivity contribution is 0.132. The second-order valence-electron chi connectivity index (χ2n) is 4.93. The normalized spacial score (nSPS) is 21.2. The molecular weight excluding hydrogens is 234 g/mol. The van der Waals surface area contributed by atoms with Gasteiger partial charge < -0.3 is 5.73 Å². The van der Waals surface area contributed by atoms with Gasteiger partial charge in [-0.25, -0.2) is 8.78 Å². The number of halogens is 2. The quantitative estimate of drug-likeness (QED) is 0.895. The molecule has 1 saturated heterocycles. The maximum absolute atomic E-state index is 13.6. The van der Waals surface area contributed by atoms with E-state index in [-0.39, 0.29) is 11.6 Å². The van der Waals surface area contributed by atoms with Crippen molar-refractivity contribution in [3.63, 3.8) is 0 Å². The highest BCUT2D eigenvalue weighted by Crippen LogP contribution is 2.22. The van der Waals surface area contributed by atoms with Crippen LogP contribution in [0.25, 0.3) is 0 Å². The Balaban J connectivity index is 2.08. The molecule has 1 heterocycles. The molecule has 0 saturated carbocycles. The third kappa shape index (κ3) is 3.27. The number of piperidine rings is 1. The van der Waals surface area contributed by atoms with E-state index >= 15 is 0 Å². The fourth-order valence-corrected chi connectivity index (χ4v) is 2.67. The summed E-state index contributed by atoms with van der Waals surface area (Å²) in [6.07, 6.45) is 4.36. The van der Waals surface area contributed by atoms with Crippen LogP contribution in [0.15, 0.2) is 18.2 Å². The molecule has 2 rings (SSSR count). The van der Waals surface area contributed by atoms with E-state index in [9.17, 15) is 8.78 Å². The summed E-state index contributed by atoms with van der Waals surface area (Å²) in [5, 5.41) is 0. The van der Waals surface area contributed by atoms with Crippen LogP contribution in [0, 0.1) is 11.6 Å². The largest absolute Gasteiger partial charge is 0.330 e. The van der Waals surface area contributed by atoms with Crippen molar-refractivity contribution >= 4 is 0 Å². The van der Waals surface area contributed by atoms with Crippen molar-refractivity contribution < 1.29 is 8.78 Å². The maximum Gasteiger partial charge on any atom is 0.127 e. The molecule has 1 aromatic rings. The predicted octanol–water partition coefficient (Wildman–Crippen LogP) is 2.67. The molecule has 4 heteroatoms. The first kappa shape index (κ1) is 13.4. The number of benzene rings is 1. The Labute approximate surface area is 107 Å². The molecule has 0 amide bonds. The van der Waals surface area contributed by atoms with Crippen LogP contribution in [0.1, 0.15) is 31.2 Å². The first-order valence-corrected chi connectivity index (χ1v) is 6.58. The van der Waals surface area contributed by atoms with Crippen LogP contribution in [0.4, 0.5) is 8.78 Å². The molecular formula is C14H20F2N2. The molecule has 0 bridgehead atoms. The molecule has 1 fully saturated rings. The number of nitrogens with two attached hydrogens (primary N) is 1. The monoisotopic (exact) mass is 254 g/mol. The number of likely N-dealkylation sites (tertiary alicyclic amines) is 1. The van der Waals surface area contributed by atoms with Crippen LogP contribution in [-0.4, -0.2) is 24.0 Å². The molecule has 1 aliphatic rings. The van der Waals surface area contributed by atoms with Gasteiger partial charge in [-0.2, -0.15) is 0 Å². The van der Waals surface area contributed by atoms with E-state index in [1.807, 2.05) is 0 Å². The van der Waals surface area contributed by atoms with Gasteiger partial charge in [0.15, 0.2) is 0 Å². The molecule has 1 atom stereocenters. The van der Waals surface area contributed by atoms with Gasteiger partial charge in [0.05, 0.1) is 0 Å². The van der Waals surface area contributed by atoms with E-state index in [1.165, 1.54) is 18.6 Å². The zero-order chi connectivity index (χ0) is 13.0. The molecule has 0 radical (unpaired) electrons. The molecule has 0 spiro atoms. The second kappa shape index (κ2) is 6.25. The lowest BCUT2D eigenvalue weighted by atomic mass is 9.98. The second-order valence-corrected chi connectivity index (χ2v) is 4.93. The zero-order valence-electron chi connectivity index (χ0n) is 10.5. The summed E-state index contributed by atoms with van der Waals surface area (Å²) in [4.78, 5) is 2.23. The highest BCUT2D eigenvalue weighted by atomic mass is 19.1. The van der Waals surface area contributed by atoms with Gasteiger partial charge in [-0.15, -0.1) is 0 Å². The van der Waals surface area contributed by atoms with Crippen molar-refractivity contribution in [2.24, 2.45) is 5.73 Å². The number of nitrogens with zero attached hydrogens (tertiary/aromatic N) is 1. The number of rotatable bonds is 4.